The molecule has 4 nitrogen and oxygen atoms in total. The van der Waals surface area contributed by atoms with Crippen molar-refractivity contribution in [2.45, 2.75) is 33.4 Å². The number of aromatic nitrogens is 3. The summed E-state index contributed by atoms with van der Waals surface area (Å²) in [7, 11) is -1.73. The molecule has 1 radical (unpaired) electrons. The molecular formula is C32H29IrN3OSi-2. The zero-order valence-electron chi connectivity index (χ0n) is 24.7. The Morgan fingerprint density at radius 3 is 2.21 bits per heavy atom. The molecule has 6 aromatic rings. The molecule has 0 N–H and O–H groups in total. The first-order valence-corrected chi connectivity index (χ1v) is 15.6. The average molecular weight is 695 g/mol. The zero-order valence-corrected chi connectivity index (χ0v) is 25.1. The molecule has 4 aromatic heterocycles. The summed E-state index contributed by atoms with van der Waals surface area (Å²) in [5, 5.41) is 3.09. The van der Waals surface area contributed by atoms with Crippen LogP contribution in [0.1, 0.15) is 15.2 Å². The van der Waals surface area contributed by atoms with Crippen molar-refractivity contribution in [3.63, 3.8) is 0 Å². The van der Waals surface area contributed by atoms with Crippen LogP contribution in [0.5, 0.6) is 0 Å². The second kappa shape index (κ2) is 11.5. The Labute approximate surface area is 242 Å². The molecule has 0 bridgehead atoms. The van der Waals surface area contributed by atoms with Gasteiger partial charge in [-0.15, -0.1) is 35.9 Å². The first-order valence-electron chi connectivity index (χ1n) is 13.6. The van der Waals surface area contributed by atoms with E-state index in [1.807, 2.05) is 67.7 Å². The number of hydrogen-bond donors (Lipinski definition) is 0. The Kier molecular flexibility index (Phi) is 7.17. The van der Waals surface area contributed by atoms with E-state index in [0.29, 0.717) is 16.8 Å². The third-order valence-electron chi connectivity index (χ3n) is 5.97. The summed E-state index contributed by atoms with van der Waals surface area (Å²) < 4.78 is 28.7. The van der Waals surface area contributed by atoms with Crippen LogP contribution in [-0.4, -0.2) is 23.0 Å². The van der Waals surface area contributed by atoms with Crippen molar-refractivity contribution in [2.75, 3.05) is 0 Å². The molecule has 0 saturated carbocycles. The van der Waals surface area contributed by atoms with Gasteiger partial charge in [-0.2, -0.15) is 0 Å². The summed E-state index contributed by atoms with van der Waals surface area (Å²) in [6, 6.07) is 26.3. The Balaban J connectivity index is 0.000000233. The monoisotopic (exact) mass is 695 g/mol. The van der Waals surface area contributed by atoms with Gasteiger partial charge < -0.3 is 19.4 Å². The van der Waals surface area contributed by atoms with E-state index in [-0.39, 0.29) is 25.7 Å². The SMILES string of the molecule is Cc1ccc(-c2[c-]cccc2)nc1.[2H]C([2H])([2H])c1ccc(-c2[c-]nc([Si](C)(C)C)c3c2oc2ccccc23)nc1.[Ir]. The maximum Gasteiger partial charge on any atom is 0.121 e. The minimum absolute atomic E-state index is 0. The molecular weight excluding hydrogens is 663 g/mol. The normalized spacial score (nSPS) is 12.6. The maximum absolute atomic E-state index is 7.51. The number of benzene rings is 2. The van der Waals surface area contributed by atoms with Gasteiger partial charge in [0.05, 0.1) is 13.7 Å². The van der Waals surface area contributed by atoms with Gasteiger partial charge in [0.25, 0.3) is 0 Å². The van der Waals surface area contributed by atoms with Gasteiger partial charge in [-0.05, 0) is 59.3 Å². The predicted octanol–water partition coefficient (Wildman–Crippen LogP) is 7.55. The summed E-state index contributed by atoms with van der Waals surface area (Å²) >= 11 is 0. The molecule has 0 spiro atoms. The Bertz CT molecular complexity index is 1760. The summed E-state index contributed by atoms with van der Waals surface area (Å²) in [5.74, 6) is 0. The predicted molar refractivity (Wildman–Crippen MR) is 155 cm³/mol. The molecule has 0 aliphatic rings. The first-order chi connectivity index (χ1) is 19.0. The van der Waals surface area contributed by atoms with E-state index in [9.17, 15) is 0 Å². The van der Waals surface area contributed by atoms with E-state index in [1.165, 1.54) is 11.8 Å². The standard InChI is InChI=1S/C20H19N2OSi.C12H10N.Ir/c1-13-9-10-16(21-11-13)15-12-22-20(24(2,3)4)18-14-7-5-6-8-17(14)23-19(15)18;1-10-7-8-12(13-9-10)11-5-3-2-4-6-11;/h5-11H,1-4H3;2-5,7-9H,1H3;/q2*-1;/i1D3;;. The largest absolute Gasteiger partial charge is 0.500 e. The van der Waals surface area contributed by atoms with Gasteiger partial charge in [-0.1, -0.05) is 67.7 Å². The molecule has 6 heteroatoms. The fraction of sp³-hybridized carbons (Fsp3) is 0.156. The van der Waals surface area contributed by atoms with E-state index in [2.05, 4.69) is 52.9 Å². The van der Waals surface area contributed by atoms with Crippen LogP contribution < -0.4 is 5.32 Å². The number of fused-ring (bicyclic) bond motifs is 3. The fourth-order valence-electron chi connectivity index (χ4n) is 4.11. The Morgan fingerprint density at radius 2 is 1.55 bits per heavy atom. The van der Waals surface area contributed by atoms with Crippen molar-refractivity contribution in [1.29, 1.82) is 0 Å². The maximum atomic E-state index is 7.51. The molecule has 2 aromatic carbocycles. The summed E-state index contributed by atoms with van der Waals surface area (Å²) in [4.78, 5) is 13.3. The van der Waals surface area contributed by atoms with Gasteiger partial charge in [0.15, 0.2) is 0 Å². The number of pyridine rings is 3. The number of nitrogens with zero attached hydrogens (tertiary/aromatic N) is 3. The van der Waals surface area contributed by atoms with Crippen molar-refractivity contribution in [3.05, 3.63) is 109 Å². The van der Waals surface area contributed by atoms with Crippen LogP contribution in [-0.2, 0) is 20.1 Å². The van der Waals surface area contributed by atoms with E-state index in [0.717, 1.165) is 32.9 Å². The number of para-hydroxylation sites is 1. The van der Waals surface area contributed by atoms with E-state index in [4.69, 9.17) is 8.53 Å². The molecule has 38 heavy (non-hydrogen) atoms. The molecule has 6 rings (SSSR count). The molecule has 0 atom stereocenters. The fourth-order valence-corrected chi connectivity index (χ4v) is 5.50. The average Bonchev–Trinajstić information content (AvgIpc) is 3.32. The topological polar surface area (TPSA) is 51.8 Å². The molecule has 0 unspecified atom stereocenters. The van der Waals surface area contributed by atoms with Gasteiger partial charge in [-0.25, -0.2) is 0 Å². The molecule has 0 aliphatic carbocycles. The number of furan rings is 1. The van der Waals surface area contributed by atoms with Crippen LogP contribution in [0, 0.1) is 26.0 Å². The smallest absolute Gasteiger partial charge is 0.121 e. The van der Waals surface area contributed by atoms with Gasteiger partial charge in [0, 0.05) is 42.0 Å². The van der Waals surface area contributed by atoms with Crippen molar-refractivity contribution in [3.8, 4) is 22.5 Å². The van der Waals surface area contributed by atoms with Crippen LogP contribution >= 0.6 is 0 Å². The first kappa shape index (κ1) is 23.7. The van der Waals surface area contributed by atoms with Crippen molar-refractivity contribution in [2.24, 2.45) is 0 Å². The molecule has 4 heterocycles. The summed E-state index contributed by atoms with van der Waals surface area (Å²) in [5.41, 5.74) is 6.17. The van der Waals surface area contributed by atoms with Crippen LogP contribution in [0.2, 0.25) is 19.6 Å². The van der Waals surface area contributed by atoms with Crippen LogP contribution in [0.25, 0.3) is 44.5 Å². The third kappa shape index (κ3) is 5.83. The zero-order chi connectivity index (χ0) is 28.5. The van der Waals surface area contributed by atoms with E-state index >= 15 is 0 Å². The van der Waals surface area contributed by atoms with E-state index < -0.39 is 14.9 Å². The van der Waals surface area contributed by atoms with Gasteiger partial charge >= 0.3 is 0 Å². The summed E-state index contributed by atoms with van der Waals surface area (Å²) in [6.07, 6.45) is 6.37. The Hall–Kier alpha value is -3.44. The molecule has 0 aliphatic heterocycles. The van der Waals surface area contributed by atoms with Crippen molar-refractivity contribution >= 4 is 35.3 Å². The van der Waals surface area contributed by atoms with Gasteiger partial charge in [0.2, 0.25) is 0 Å². The minimum Gasteiger partial charge on any atom is -0.500 e. The van der Waals surface area contributed by atoms with Crippen molar-refractivity contribution in [1.82, 2.24) is 15.0 Å². The van der Waals surface area contributed by atoms with Crippen molar-refractivity contribution < 1.29 is 28.6 Å². The van der Waals surface area contributed by atoms with Crippen LogP contribution in [0.15, 0.2) is 89.6 Å². The number of rotatable bonds is 3. The Morgan fingerprint density at radius 1 is 0.842 bits per heavy atom. The third-order valence-corrected chi connectivity index (χ3v) is 7.75. The van der Waals surface area contributed by atoms with Crippen LogP contribution in [0.3, 0.4) is 0 Å². The van der Waals surface area contributed by atoms with Gasteiger partial charge in [-0.3, -0.25) is 0 Å². The van der Waals surface area contributed by atoms with Crippen LogP contribution in [0.4, 0.5) is 0 Å². The summed E-state index contributed by atoms with van der Waals surface area (Å²) in [6.45, 7) is 6.59. The van der Waals surface area contributed by atoms with Gasteiger partial charge in [0.1, 0.15) is 5.58 Å². The second-order valence-corrected chi connectivity index (χ2v) is 14.9. The molecule has 0 amide bonds. The minimum atomic E-state index is -2.18. The molecule has 0 saturated heterocycles. The number of aryl methyl sites for hydroxylation is 2. The molecule has 193 valence electrons. The number of hydrogen-bond acceptors (Lipinski definition) is 4. The second-order valence-electron chi connectivity index (χ2n) is 9.93. The van der Waals surface area contributed by atoms with E-state index in [1.54, 1.807) is 12.1 Å². The molecule has 0 fully saturated rings. The quantitative estimate of drug-likeness (QED) is 0.142.